The summed E-state index contributed by atoms with van der Waals surface area (Å²) in [7, 11) is 0.147. The number of aromatic nitrogens is 4. The van der Waals surface area contributed by atoms with Gasteiger partial charge in [-0.3, -0.25) is 15.1 Å². The van der Waals surface area contributed by atoms with Crippen molar-refractivity contribution >= 4 is 42.1 Å². The Hall–Kier alpha value is -2.56. The van der Waals surface area contributed by atoms with Gasteiger partial charge >= 0.3 is 0 Å². The maximum absolute atomic E-state index is 13.0. The number of ether oxygens (including phenoxy) is 2. The van der Waals surface area contributed by atoms with Crippen LogP contribution in [0.4, 0.5) is 5.13 Å². The van der Waals surface area contributed by atoms with Gasteiger partial charge in [0, 0.05) is 23.0 Å². The van der Waals surface area contributed by atoms with Gasteiger partial charge < -0.3 is 9.47 Å². The summed E-state index contributed by atoms with van der Waals surface area (Å²) in [4.78, 5) is 21.3. The van der Waals surface area contributed by atoms with Gasteiger partial charge in [-0.05, 0) is 30.4 Å². The third kappa shape index (κ3) is 5.52. The van der Waals surface area contributed by atoms with Gasteiger partial charge in [-0.2, -0.15) is 0 Å². The van der Waals surface area contributed by atoms with E-state index in [-0.39, 0.29) is 5.91 Å². The fourth-order valence-corrected chi connectivity index (χ4v) is 3.94. The van der Waals surface area contributed by atoms with E-state index in [1.807, 2.05) is 6.92 Å². The highest BCUT2D eigenvalue weighted by Gasteiger charge is 2.20. The number of pyridine rings is 2. The van der Waals surface area contributed by atoms with E-state index in [4.69, 9.17) is 21.1 Å². The first kappa shape index (κ1) is 22.1. The van der Waals surface area contributed by atoms with Gasteiger partial charge in [-0.1, -0.05) is 36.3 Å². The fourth-order valence-electron chi connectivity index (χ4n) is 2.52. The van der Waals surface area contributed by atoms with Crippen molar-refractivity contribution in [1.82, 2.24) is 20.2 Å². The van der Waals surface area contributed by atoms with Crippen molar-refractivity contribution in [1.29, 1.82) is 0 Å². The Bertz CT molecular complexity index is 1070. The molecule has 0 fully saturated rings. The molecule has 0 unspecified atom stereocenters. The highest BCUT2D eigenvalue weighted by atomic mass is 35.5. The molecule has 0 aliphatic carbocycles. The van der Waals surface area contributed by atoms with Crippen LogP contribution in [0.5, 0.6) is 10.9 Å². The van der Waals surface area contributed by atoms with Gasteiger partial charge in [0.25, 0.3) is 11.1 Å². The van der Waals surface area contributed by atoms with E-state index in [0.29, 0.717) is 44.1 Å². The minimum Gasteiger partial charge on any atom is -0.494 e. The van der Waals surface area contributed by atoms with E-state index in [1.165, 1.54) is 30.8 Å². The highest BCUT2D eigenvalue weighted by molar-refractivity contribution is 7.17. The van der Waals surface area contributed by atoms with Crippen molar-refractivity contribution in [2.24, 2.45) is 0 Å². The molecule has 8 nitrogen and oxygen atoms in total. The second kappa shape index (κ2) is 9.07. The smallest absolute Gasteiger partial charge is 0.295 e. The van der Waals surface area contributed by atoms with Gasteiger partial charge in [0.2, 0.25) is 5.13 Å². The average Bonchev–Trinajstić information content (AvgIpc) is 3.13. The Kier molecular flexibility index (Phi) is 6.69. The van der Waals surface area contributed by atoms with Crippen LogP contribution in [0.15, 0.2) is 24.5 Å². The Morgan fingerprint density at radius 3 is 2.63 bits per heavy atom. The third-order valence-corrected chi connectivity index (χ3v) is 5.85. The molecule has 30 heavy (non-hydrogen) atoms. The van der Waals surface area contributed by atoms with Crippen LogP contribution in [0, 0.1) is 6.92 Å². The number of nitrogens with one attached hydrogen (secondary N) is 1. The Labute approximate surface area is 184 Å². The van der Waals surface area contributed by atoms with Gasteiger partial charge in [0.05, 0.1) is 33.2 Å². The molecule has 0 bridgehead atoms. The molecule has 11 heteroatoms. The number of amides is 1. The lowest BCUT2D eigenvalue weighted by molar-refractivity contribution is 0.102. The van der Waals surface area contributed by atoms with Crippen LogP contribution in [-0.2, 0) is 0 Å². The minimum atomic E-state index is -1.39. The van der Waals surface area contributed by atoms with E-state index in [2.05, 4.69) is 45.1 Å². The second-order valence-electron chi connectivity index (χ2n) is 7.76. The fraction of sp³-hybridized carbons (Fsp3) is 0.316. The van der Waals surface area contributed by atoms with Crippen molar-refractivity contribution in [3.8, 4) is 22.1 Å². The van der Waals surface area contributed by atoms with Crippen LogP contribution in [-0.4, -0.2) is 47.5 Å². The molecule has 0 radical (unpaired) electrons. The second-order valence-corrected chi connectivity index (χ2v) is 14.5. The topological polar surface area (TPSA) is 99.1 Å². The number of aryl methyl sites for hydroxylation is 1. The molecule has 0 saturated carbocycles. The van der Waals surface area contributed by atoms with Crippen molar-refractivity contribution in [2.75, 3.05) is 18.7 Å². The number of anilines is 1. The third-order valence-electron chi connectivity index (χ3n) is 3.89. The van der Waals surface area contributed by atoms with Crippen LogP contribution in [0.25, 0.3) is 11.1 Å². The van der Waals surface area contributed by atoms with E-state index in [9.17, 15) is 4.79 Å². The maximum Gasteiger partial charge on any atom is 0.295 e. The number of hydrogen-bond donors (Lipinski definition) is 1. The summed E-state index contributed by atoms with van der Waals surface area (Å²) >= 11 is 7.26. The first-order chi connectivity index (χ1) is 14.2. The molecule has 0 aliphatic rings. The summed E-state index contributed by atoms with van der Waals surface area (Å²) in [5, 5.41) is 11.8. The molecule has 0 atom stereocenters. The summed E-state index contributed by atoms with van der Waals surface area (Å²) < 4.78 is 11.1. The van der Waals surface area contributed by atoms with Gasteiger partial charge in [-0.15, -0.1) is 5.10 Å². The van der Waals surface area contributed by atoms with Gasteiger partial charge in [-0.25, -0.2) is 4.98 Å². The summed E-state index contributed by atoms with van der Waals surface area (Å²) in [6, 6.07) is 3.45. The Balaban J connectivity index is 1.88. The quantitative estimate of drug-likeness (QED) is 0.407. The van der Waals surface area contributed by atoms with Crippen LogP contribution >= 0.6 is 22.9 Å². The average molecular weight is 464 g/mol. The summed E-state index contributed by atoms with van der Waals surface area (Å²) in [5.41, 5.74) is 2.36. The molecule has 0 aliphatic heterocycles. The number of halogens is 1. The standard InChI is InChI=1S/C19H22ClN5O3SSi/c1-11-6-12(13-7-16(20)22-9-15(13)27-2)14(8-21-11)17(26)23-18-24-25-19(29-18)28-10-30(3,4)5/h6-9H,10H2,1-5H3,(H,23,24,26). The predicted molar refractivity (Wildman–Crippen MR) is 120 cm³/mol. The molecule has 0 spiro atoms. The molecular formula is C19H22ClN5O3SSi. The minimum absolute atomic E-state index is 0.292. The van der Waals surface area contributed by atoms with Crippen molar-refractivity contribution in [2.45, 2.75) is 26.6 Å². The molecule has 158 valence electrons. The zero-order chi connectivity index (χ0) is 21.9. The number of methoxy groups -OCH3 is 1. The van der Waals surface area contributed by atoms with Crippen LogP contribution in [0.3, 0.4) is 0 Å². The maximum atomic E-state index is 13.0. The molecular weight excluding hydrogens is 442 g/mol. The van der Waals surface area contributed by atoms with Crippen molar-refractivity contribution < 1.29 is 14.3 Å². The van der Waals surface area contributed by atoms with E-state index >= 15 is 0 Å². The number of nitrogens with zero attached hydrogens (tertiary/aromatic N) is 4. The summed E-state index contributed by atoms with van der Waals surface area (Å²) in [6.45, 7) is 8.43. The van der Waals surface area contributed by atoms with E-state index in [1.54, 1.807) is 12.1 Å². The lowest BCUT2D eigenvalue weighted by Gasteiger charge is -2.14. The van der Waals surface area contributed by atoms with Crippen LogP contribution in [0.1, 0.15) is 16.1 Å². The lowest BCUT2D eigenvalue weighted by atomic mass is 10.0. The zero-order valence-corrected chi connectivity index (χ0v) is 19.9. The molecule has 3 aromatic rings. The van der Waals surface area contributed by atoms with E-state index in [0.717, 1.165) is 5.69 Å². The first-order valence-corrected chi connectivity index (χ1v) is 14.0. The number of hydrogen-bond acceptors (Lipinski definition) is 8. The predicted octanol–water partition coefficient (Wildman–Crippen LogP) is 4.47. The number of rotatable bonds is 7. The largest absolute Gasteiger partial charge is 0.494 e. The zero-order valence-electron chi connectivity index (χ0n) is 17.3. The number of carbonyl (C=O) groups is 1. The normalized spacial score (nSPS) is 11.3. The van der Waals surface area contributed by atoms with Gasteiger partial charge in [0.15, 0.2) is 0 Å². The number of carbonyl (C=O) groups excluding carboxylic acids is 1. The summed E-state index contributed by atoms with van der Waals surface area (Å²) in [6.07, 6.45) is 3.66. The van der Waals surface area contributed by atoms with Crippen LogP contribution < -0.4 is 14.8 Å². The summed E-state index contributed by atoms with van der Waals surface area (Å²) in [5.74, 6) is 0.123. The molecule has 0 aromatic carbocycles. The monoisotopic (exact) mass is 463 g/mol. The molecule has 3 heterocycles. The Morgan fingerprint density at radius 1 is 1.17 bits per heavy atom. The van der Waals surface area contributed by atoms with Crippen molar-refractivity contribution in [3.63, 3.8) is 0 Å². The van der Waals surface area contributed by atoms with Gasteiger partial charge in [0.1, 0.15) is 10.9 Å². The van der Waals surface area contributed by atoms with Crippen LogP contribution in [0.2, 0.25) is 24.8 Å². The SMILES string of the molecule is COc1cnc(Cl)cc1-c1cc(C)ncc1C(=O)Nc1nnc(OC[Si](C)(C)C)s1. The molecule has 1 N–H and O–H groups in total. The molecule has 1 amide bonds. The molecule has 3 aromatic heterocycles. The highest BCUT2D eigenvalue weighted by Crippen LogP contribution is 2.34. The van der Waals surface area contributed by atoms with E-state index < -0.39 is 8.07 Å². The van der Waals surface area contributed by atoms with Crippen molar-refractivity contribution in [3.05, 3.63) is 40.9 Å². The first-order valence-electron chi connectivity index (χ1n) is 9.10. The molecule has 3 rings (SSSR count). The lowest BCUT2D eigenvalue weighted by Crippen LogP contribution is -2.29. The Morgan fingerprint density at radius 2 is 1.93 bits per heavy atom. The molecule has 0 saturated heterocycles.